The van der Waals surface area contributed by atoms with Gasteiger partial charge in [0.15, 0.2) is 0 Å². The second-order valence-electron chi connectivity index (χ2n) is 5.39. The molecular formula is C14H19N5O2. The number of carbonyl (C=O) groups is 1. The standard InChI is InChI=1S/C14H19N5O2/c1-2-12-11(6-15-14-16-9-17-19(12)14)13(21)18-5-3-4-10(7-18)8-20/h6,9-10,20H,2-5,7-8H2,1H3. The zero-order valence-corrected chi connectivity index (χ0v) is 12.1. The second-order valence-corrected chi connectivity index (χ2v) is 5.39. The van der Waals surface area contributed by atoms with Crippen LogP contribution in [0.15, 0.2) is 12.5 Å². The number of carbonyl (C=O) groups excluding carboxylic acids is 1. The molecule has 21 heavy (non-hydrogen) atoms. The van der Waals surface area contributed by atoms with Crippen molar-refractivity contribution >= 4 is 11.7 Å². The molecule has 1 saturated heterocycles. The van der Waals surface area contributed by atoms with Gasteiger partial charge in [0.25, 0.3) is 11.7 Å². The van der Waals surface area contributed by atoms with Gasteiger partial charge < -0.3 is 10.0 Å². The van der Waals surface area contributed by atoms with Gasteiger partial charge in [0.05, 0.1) is 11.3 Å². The van der Waals surface area contributed by atoms with Crippen LogP contribution in [0.4, 0.5) is 0 Å². The molecule has 0 bridgehead atoms. The van der Waals surface area contributed by atoms with Crippen LogP contribution in [-0.4, -0.2) is 55.2 Å². The van der Waals surface area contributed by atoms with Crippen molar-refractivity contribution in [3.05, 3.63) is 23.8 Å². The first kappa shape index (κ1) is 13.9. The molecule has 3 heterocycles. The molecule has 2 aromatic rings. The van der Waals surface area contributed by atoms with Crippen molar-refractivity contribution < 1.29 is 9.90 Å². The summed E-state index contributed by atoms with van der Waals surface area (Å²) in [4.78, 5) is 22.8. The van der Waals surface area contributed by atoms with Crippen LogP contribution >= 0.6 is 0 Å². The molecular weight excluding hydrogens is 270 g/mol. The Morgan fingerprint density at radius 3 is 3.10 bits per heavy atom. The molecule has 0 saturated carbocycles. The van der Waals surface area contributed by atoms with Crippen LogP contribution in [0.25, 0.3) is 5.78 Å². The molecule has 1 aliphatic heterocycles. The highest BCUT2D eigenvalue weighted by Gasteiger charge is 2.26. The van der Waals surface area contributed by atoms with E-state index in [-0.39, 0.29) is 18.4 Å². The lowest BCUT2D eigenvalue weighted by Gasteiger charge is -2.32. The van der Waals surface area contributed by atoms with Crippen LogP contribution in [0.1, 0.15) is 35.8 Å². The van der Waals surface area contributed by atoms with Crippen molar-refractivity contribution in [2.45, 2.75) is 26.2 Å². The number of likely N-dealkylation sites (tertiary alicyclic amines) is 1. The van der Waals surface area contributed by atoms with E-state index in [2.05, 4.69) is 15.1 Å². The Bertz CT molecular complexity index is 654. The summed E-state index contributed by atoms with van der Waals surface area (Å²) in [6.07, 6.45) is 5.62. The van der Waals surface area contributed by atoms with Crippen LogP contribution in [0.5, 0.6) is 0 Å². The van der Waals surface area contributed by atoms with Gasteiger partial charge in [-0.15, -0.1) is 0 Å². The molecule has 0 radical (unpaired) electrons. The molecule has 7 nitrogen and oxygen atoms in total. The molecule has 3 rings (SSSR count). The lowest BCUT2D eigenvalue weighted by molar-refractivity contribution is 0.0618. The molecule has 1 unspecified atom stereocenters. The van der Waals surface area contributed by atoms with Crippen molar-refractivity contribution in [3.8, 4) is 0 Å². The van der Waals surface area contributed by atoms with Crippen LogP contribution in [0.3, 0.4) is 0 Å². The maximum atomic E-state index is 12.7. The van der Waals surface area contributed by atoms with Gasteiger partial charge in [-0.3, -0.25) is 4.79 Å². The molecule has 0 aromatic carbocycles. The van der Waals surface area contributed by atoms with Gasteiger partial charge in [-0.1, -0.05) is 6.92 Å². The predicted octanol–water partition coefficient (Wildman–Crippen LogP) is 0.531. The predicted molar refractivity (Wildman–Crippen MR) is 75.9 cm³/mol. The van der Waals surface area contributed by atoms with Crippen molar-refractivity contribution in [2.75, 3.05) is 19.7 Å². The number of hydrogen-bond acceptors (Lipinski definition) is 5. The first-order valence-corrected chi connectivity index (χ1v) is 7.32. The third kappa shape index (κ3) is 2.49. The third-order valence-electron chi connectivity index (χ3n) is 4.04. The third-order valence-corrected chi connectivity index (χ3v) is 4.04. The monoisotopic (exact) mass is 289 g/mol. The largest absolute Gasteiger partial charge is 0.396 e. The average Bonchev–Trinajstić information content (AvgIpc) is 3.01. The quantitative estimate of drug-likeness (QED) is 0.891. The van der Waals surface area contributed by atoms with Crippen molar-refractivity contribution in [3.63, 3.8) is 0 Å². The molecule has 0 spiro atoms. The number of amides is 1. The highest BCUT2D eigenvalue weighted by Crippen LogP contribution is 2.20. The molecule has 112 valence electrons. The summed E-state index contributed by atoms with van der Waals surface area (Å²) in [6.45, 7) is 3.45. The Labute approximate surface area is 122 Å². The van der Waals surface area contributed by atoms with E-state index >= 15 is 0 Å². The lowest BCUT2D eigenvalue weighted by atomic mass is 9.98. The number of hydrogen-bond donors (Lipinski definition) is 1. The topological polar surface area (TPSA) is 83.6 Å². The van der Waals surface area contributed by atoms with Crippen LogP contribution in [0, 0.1) is 5.92 Å². The van der Waals surface area contributed by atoms with Gasteiger partial charge in [0.1, 0.15) is 6.33 Å². The summed E-state index contributed by atoms with van der Waals surface area (Å²) in [5.74, 6) is 0.654. The molecule has 1 amide bonds. The average molecular weight is 289 g/mol. The minimum absolute atomic E-state index is 0.0325. The SMILES string of the molecule is CCc1c(C(=O)N2CCCC(CO)C2)cnc2ncnn12. The Hall–Kier alpha value is -2.02. The molecule has 0 aliphatic carbocycles. The number of piperidine rings is 1. The number of aliphatic hydroxyl groups is 1. The molecule has 7 heteroatoms. The van der Waals surface area contributed by atoms with Gasteiger partial charge in [-0.2, -0.15) is 10.1 Å². The van der Waals surface area contributed by atoms with Gasteiger partial charge in [-0.05, 0) is 25.2 Å². The van der Waals surface area contributed by atoms with Crippen LogP contribution in [0.2, 0.25) is 0 Å². The lowest BCUT2D eigenvalue weighted by Crippen LogP contribution is -2.41. The Morgan fingerprint density at radius 2 is 2.33 bits per heavy atom. The highest BCUT2D eigenvalue weighted by molar-refractivity contribution is 5.95. The molecule has 1 aliphatic rings. The fourth-order valence-electron chi connectivity index (χ4n) is 2.91. The summed E-state index contributed by atoms with van der Waals surface area (Å²) >= 11 is 0. The van der Waals surface area contributed by atoms with Crippen molar-refractivity contribution in [2.24, 2.45) is 5.92 Å². The maximum absolute atomic E-state index is 12.7. The first-order valence-electron chi connectivity index (χ1n) is 7.32. The number of rotatable bonds is 3. The number of aliphatic hydroxyl groups excluding tert-OH is 1. The first-order chi connectivity index (χ1) is 10.2. The van der Waals surface area contributed by atoms with Gasteiger partial charge in [0, 0.05) is 25.9 Å². The number of aromatic nitrogens is 4. The van der Waals surface area contributed by atoms with Crippen LogP contribution < -0.4 is 0 Å². The summed E-state index contributed by atoms with van der Waals surface area (Å²) in [7, 11) is 0. The number of fused-ring (bicyclic) bond motifs is 1. The van der Waals surface area contributed by atoms with E-state index in [1.165, 1.54) is 6.33 Å². The van der Waals surface area contributed by atoms with Crippen molar-refractivity contribution in [1.29, 1.82) is 0 Å². The van der Waals surface area contributed by atoms with E-state index in [9.17, 15) is 9.90 Å². The molecule has 1 atom stereocenters. The Morgan fingerprint density at radius 1 is 1.48 bits per heavy atom. The summed E-state index contributed by atoms with van der Waals surface area (Å²) < 4.78 is 1.63. The van der Waals surface area contributed by atoms with E-state index in [0.717, 1.165) is 25.1 Å². The Kier molecular flexibility index (Phi) is 3.83. The summed E-state index contributed by atoms with van der Waals surface area (Å²) in [6, 6.07) is 0. The van der Waals surface area contributed by atoms with E-state index in [4.69, 9.17) is 0 Å². The fourth-order valence-corrected chi connectivity index (χ4v) is 2.91. The zero-order valence-electron chi connectivity index (χ0n) is 12.1. The summed E-state index contributed by atoms with van der Waals surface area (Å²) in [5.41, 5.74) is 1.41. The number of nitrogens with zero attached hydrogens (tertiary/aromatic N) is 5. The van der Waals surface area contributed by atoms with Gasteiger partial charge in [0.2, 0.25) is 0 Å². The van der Waals surface area contributed by atoms with Gasteiger partial charge >= 0.3 is 0 Å². The normalized spacial score (nSPS) is 19.1. The van der Waals surface area contributed by atoms with E-state index < -0.39 is 0 Å². The smallest absolute Gasteiger partial charge is 0.257 e. The molecule has 2 aromatic heterocycles. The number of aryl methyl sites for hydroxylation is 1. The van der Waals surface area contributed by atoms with E-state index in [1.807, 2.05) is 11.8 Å². The highest BCUT2D eigenvalue weighted by atomic mass is 16.3. The van der Waals surface area contributed by atoms with Crippen molar-refractivity contribution in [1.82, 2.24) is 24.5 Å². The maximum Gasteiger partial charge on any atom is 0.257 e. The minimum atomic E-state index is -0.0325. The minimum Gasteiger partial charge on any atom is -0.396 e. The van der Waals surface area contributed by atoms with E-state index in [1.54, 1.807) is 10.7 Å². The Balaban J connectivity index is 1.93. The van der Waals surface area contributed by atoms with Gasteiger partial charge in [-0.25, -0.2) is 9.50 Å². The zero-order chi connectivity index (χ0) is 14.8. The molecule has 1 N–H and O–H groups in total. The second kappa shape index (κ2) is 5.77. The molecule has 1 fully saturated rings. The fraction of sp³-hybridized carbons (Fsp3) is 0.571. The van der Waals surface area contributed by atoms with Crippen LogP contribution in [-0.2, 0) is 6.42 Å². The summed E-state index contributed by atoms with van der Waals surface area (Å²) in [5, 5.41) is 13.4. The van der Waals surface area contributed by atoms with E-state index in [0.29, 0.717) is 24.3 Å².